The van der Waals surface area contributed by atoms with Crippen LogP contribution in [0.2, 0.25) is 0 Å². The van der Waals surface area contributed by atoms with Crippen molar-refractivity contribution in [2.24, 2.45) is 7.05 Å². The van der Waals surface area contributed by atoms with Gasteiger partial charge in [0.05, 0.1) is 29.1 Å². The normalized spacial score (nSPS) is 14.9. The van der Waals surface area contributed by atoms with Crippen LogP contribution in [0.15, 0.2) is 54.6 Å². The SMILES string of the molecule is CC(NC(=O)CC(C)(O)c1ccccc1)c1nc2ccccc2n1C. The molecule has 0 spiro atoms. The zero-order valence-corrected chi connectivity index (χ0v) is 14.7. The first kappa shape index (κ1) is 17.2. The predicted molar refractivity (Wildman–Crippen MR) is 97.9 cm³/mol. The molecule has 5 nitrogen and oxygen atoms in total. The Morgan fingerprint density at radius 1 is 1.20 bits per heavy atom. The molecule has 0 fully saturated rings. The van der Waals surface area contributed by atoms with E-state index in [4.69, 9.17) is 0 Å². The molecule has 0 aliphatic carbocycles. The monoisotopic (exact) mass is 337 g/mol. The van der Waals surface area contributed by atoms with E-state index in [-0.39, 0.29) is 18.4 Å². The second-order valence-electron chi connectivity index (χ2n) is 6.62. The molecule has 0 saturated heterocycles. The summed E-state index contributed by atoms with van der Waals surface area (Å²) in [7, 11) is 1.94. The number of rotatable bonds is 5. The standard InChI is InChI=1S/C20H23N3O2/c1-14(19-22-16-11-7-8-12-17(16)23(19)3)21-18(24)13-20(2,25)15-9-5-4-6-10-15/h4-12,14,25H,13H2,1-3H3,(H,21,24). The van der Waals surface area contributed by atoms with Gasteiger partial charge < -0.3 is 15.0 Å². The molecule has 1 heterocycles. The van der Waals surface area contributed by atoms with Crippen LogP contribution in [-0.2, 0) is 17.4 Å². The first-order valence-corrected chi connectivity index (χ1v) is 8.37. The largest absolute Gasteiger partial charge is 0.385 e. The number of benzene rings is 2. The minimum absolute atomic E-state index is 0.00863. The van der Waals surface area contributed by atoms with Crippen LogP contribution in [0.3, 0.4) is 0 Å². The summed E-state index contributed by atoms with van der Waals surface area (Å²) in [6.45, 7) is 3.55. The number of aryl methyl sites for hydroxylation is 1. The number of carbonyl (C=O) groups excluding carboxylic acids is 1. The van der Waals surface area contributed by atoms with E-state index in [1.165, 1.54) is 0 Å². The average molecular weight is 337 g/mol. The molecule has 0 saturated carbocycles. The fourth-order valence-electron chi connectivity index (χ4n) is 3.12. The van der Waals surface area contributed by atoms with Gasteiger partial charge in [0.25, 0.3) is 0 Å². The number of amides is 1. The highest BCUT2D eigenvalue weighted by Gasteiger charge is 2.27. The van der Waals surface area contributed by atoms with Crippen molar-refractivity contribution < 1.29 is 9.90 Å². The lowest BCUT2D eigenvalue weighted by Gasteiger charge is -2.24. The molecule has 0 radical (unpaired) electrons. The summed E-state index contributed by atoms with van der Waals surface area (Å²) >= 11 is 0. The van der Waals surface area contributed by atoms with Crippen LogP contribution >= 0.6 is 0 Å². The number of carbonyl (C=O) groups is 1. The topological polar surface area (TPSA) is 67.2 Å². The van der Waals surface area contributed by atoms with Gasteiger partial charge in [0.15, 0.2) is 0 Å². The number of imidazole rings is 1. The fourth-order valence-corrected chi connectivity index (χ4v) is 3.12. The molecule has 3 aromatic rings. The van der Waals surface area contributed by atoms with Gasteiger partial charge in [-0.05, 0) is 31.5 Å². The lowest BCUT2D eigenvalue weighted by atomic mass is 9.92. The van der Waals surface area contributed by atoms with Crippen molar-refractivity contribution in [2.45, 2.75) is 31.9 Å². The molecule has 130 valence electrons. The number of fused-ring (bicyclic) bond motifs is 1. The first-order chi connectivity index (χ1) is 11.9. The maximum Gasteiger partial charge on any atom is 0.223 e. The van der Waals surface area contributed by atoms with Gasteiger partial charge in [-0.15, -0.1) is 0 Å². The molecule has 2 atom stereocenters. The number of nitrogens with zero attached hydrogens (tertiary/aromatic N) is 2. The first-order valence-electron chi connectivity index (χ1n) is 8.37. The molecular formula is C20H23N3O2. The van der Waals surface area contributed by atoms with Crippen molar-refractivity contribution >= 4 is 16.9 Å². The second-order valence-corrected chi connectivity index (χ2v) is 6.62. The highest BCUT2D eigenvalue weighted by molar-refractivity contribution is 5.78. The maximum atomic E-state index is 12.4. The molecule has 2 N–H and O–H groups in total. The summed E-state index contributed by atoms with van der Waals surface area (Å²) in [5.74, 6) is 0.572. The van der Waals surface area contributed by atoms with Crippen LogP contribution in [0.1, 0.15) is 37.7 Å². The van der Waals surface area contributed by atoms with Gasteiger partial charge in [-0.2, -0.15) is 0 Å². The van der Waals surface area contributed by atoms with E-state index in [9.17, 15) is 9.90 Å². The summed E-state index contributed by atoms with van der Waals surface area (Å²) in [4.78, 5) is 17.0. The Bertz CT molecular complexity index is 884. The van der Waals surface area contributed by atoms with Gasteiger partial charge in [0.1, 0.15) is 5.82 Å². The number of para-hydroxylation sites is 2. The third kappa shape index (κ3) is 3.56. The van der Waals surface area contributed by atoms with E-state index in [0.29, 0.717) is 0 Å². The Morgan fingerprint density at radius 3 is 2.52 bits per heavy atom. The fraction of sp³-hybridized carbons (Fsp3) is 0.300. The number of aromatic nitrogens is 2. The minimum Gasteiger partial charge on any atom is -0.385 e. The molecule has 0 aliphatic rings. The summed E-state index contributed by atoms with van der Waals surface area (Å²) in [5.41, 5.74) is 1.44. The molecule has 5 heteroatoms. The Hall–Kier alpha value is -2.66. The number of nitrogens with one attached hydrogen (secondary N) is 1. The highest BCUT2D eigenvalue weighted by atomic mass is 16.3. The van der Waals surface area contributed by atoms with Crippen molar-refractivity contribution in [3.05, 3.63) is 66.0 Å². The van der Waals surface area contributed by atoms with Gasteiger partial charge >= 0.3 is 0 Å². The van der Waals surface area contributed by atoms with Crippen LogP contribution in [0.5, 0.6) is 0 Å². The predicted octanol–water partition coefficient (Wildman–Crippen LogP) is 3.05. The van der Waals surface area contributed by atoms with E-state index >= 15 is 0 Å². The molecule has 0 bridgehead atoms. The second kappa shape index (κ2) is 6.69. The third-order valence-electron chi connectivity index (χ3n) is 4.49. The number of hydrogen-bond acceptors (Lipinski definition) is 3. The smallest absolute Gasteiger partial charge is 0.223 e. The van der Waals surface area contributed by atoms with Crippen molar-refractivity contribution in [1.82, 2.24) is 14.9 Å². The van der Waals surface area contributed by atoms with Crippen molar-refractivity contribution in [1.29, 1.82) is 0 Å². The average Bonchev–Trinajstić information content (AvgIpc) is 2.92. The van der Waals surface area contributed by atoms with Crippen LogP contribution < -0.4 is 5.32 Å². The zero-order chi connectivity index (χ0) is 18.0. The van der Waals surface area contributed by atoms with Gasteiger partial charge in [-0.3, -0.25) is 4.79 Å². The molecule has 2 aromatic carbocycles. The van der Waals surface area contributed by atoms with Crippen molar-refractivity contribution in [3.8, 4) is 0 Å². The van der Waals surface area contributed by atoms with E-state index in [2.05, 4.69) is 10.3 Å². The van der Waals surface area contributed by atoms with E-state index in [1.54, 1.807) is 6.92 Å². The van der Waals surface area contributed by atoms with Gasteiger partial charge in [-0.1, -0.05) is 42.5 Å². The Balaban J connectivity index is 1.73. The van der Waals surface area contributed by atoms with Crippen molar-refractivity contribution in [3.63, 3.8) is 0 Å². The molecule has 3 rings (SSSR count). The highest BCUT2D eigenvalue weighted by Crippen LogP contribution is 2.25. The van der Waals surface area contributed by atoms with E-state index < -0.39 is 5.60 Å². The lowest BCUT2D eigenvalue weighted by molar-refractivity contribution is -0.126. The molecular weight excluding hydrogens is 314 g/mol. The van der Waals surface area contributed by atoms with E-state index in [0.717, 1.165) is 22.4 Å². The van der Waals surface area contributed by atoms with Gasteiger partial charge in [-0.25, -0.2) is 4.98 Å². The van der Waals surface area contributed by atoms with Crippen LogP contribution in [-0.4, -0.2) is 20.6 Å². The third-order valence-corrected chi connectivity index (χ3v) is 4.49. The van der Waals surface area contributed by atoms with Crippen molar-refractivity contribution in [2.75, 3.05) is 0 Å². The van der Waals surface area contributed by atoms with Crippen LogP contribution in [0, 0.1) is 0 Å². The molecule has 1 amide bonds. The molecule has 1 aromatic heterocycles. The Kier molecular flexibility index (Phi) is 4.59. The zero-order valence-electron chi connectivity index (χ0n) is 14.7. The lowest BCUT2D eigenvalue weighted by Crippen LogP contribution is -2.34. The summed E-state index contributed by atoms with van der Waals surface area (Å²) in [5, 5.41) is 13.6. The molecule has 25 heavy (non-hydrogen) atoms. The van der Waals surface area contributed by atoms with Gasteiger partial charge in [0.2, 0.25) is 5.91 Å². The summed E-state index contributed by atoms with van der Waals surface area (Å²) in [6.07, 6.45) is -0.00863. The number of hydrogen-bond donors (Lipinski definition) is 2. The molecule has 2 unspecified atom stereocenters. The quantitative estimate of drug-likeness (QED) is 0.752. The minimum atomic E-state index is -1.21. The van der Waals surface area contributed by atoms with Gasteiger partial charge in [0, 0.05) is 7.05 Å². The van der Waals surface area contributed by atoms with Crippen LogP contribution in [0.25, 0.3) is 11.0 Å². The van der Waals surface area contributed by atoms with E-state index in [1.807, 2.05) is 73.1 Å². The summed E-state index contributed by atoms with van der Waals surface area (Å²) in [6, 6.07) is 16.8. The Labute approximate surface area is 147 Å². The van der Waals surface area contributed by atoms with Crippen LogP contribution in [0.4, 0.5) is 0 Å². The molecule has 0 aliphatic heterocycles. The number of aliphatic hydroxyl groups is 1. The maximum absolute atomic E-state index is 12.4. The summed E-state index contributed by atoms with van der Waals surface area (Å²) < 4.78 is 1.98. The Morgan fingerprint density at radius 2 is 1.84 bits per heavy atom.